The van der Waals surface area contributed by atoms with Crippen LogP contribution in [0.15, 0.2) is 54.9 Å². The maximum absolute atomic E-state index is 13.1. The van der Waals surface area contributed by atoms with Crippen molar-refractivity contribution in [3.63, 3.8) is 0 Å². The summed E-state index contributed by atoms with van der Waals surface area (Å²) in [7, 11) is 2.99. The molecule has 2 aromatic carbocycles. The molecular formula is C27H29F5N4O7. The molecule has 1 saturated heterocycles. The number of rotatable bonds is 10. The second-order valence-corrected chi connectivity index (χ2v) is 9.26. The first-order valence-corrected chi connectivity index (χ1v) is 12.9. The fraction of sp³-hybridized carbons (Fsp3) is 0.444. The highest BCUT2D eigenvalue weighted by Crippen LogP contribution is 2.37. The molecule has 16 heteroatoms. The van der Waals surface area contributed by atoms with Gasteiger partial charge in [-0.2, -0.15) is 22.0 Å². The van der Waals surface area contributed by atoms with Crippen LogP contribution in [0.25, 0.3) is 17.1 Å². The molecule has 1 aromatic heterocycles. The lowest BCUT2D eigenvalue weighted by Crippen LogP contribution is -2.60. The number of carbonyl (C=O) groups is 1. The number of anilines is 1. The smallest absolute Gasteiger partial charge is 0.426 e. The molecule has 1 N–H and O–H groups in total. The summed E-state index contributed by atoms with van der Waals surface area (Å²) in [6.45, 7) is 4.00. The Hall–Kier alpha value is -3.86. The number of alkyl halides is 5. The molecule has 0 bridgehead atoms. The molecule has 1 fully saturated rings. The number of carbonyl (C=O) groups excluding carboxylic acids is 1. The number of nitrogens with zero attached hydrogens (tertiary/aromatic N) is 3. The third kappa shape index (κ3) is 7.38. The van der Waals surface area contributed by atoms with Crippen LogP contribution in [-0.2, 0) is 23.7 Å². The molecule has 11 nitrogen and oxygen atoms in total. The van der Waals surface area contributed by atoms with Crippen LogP contribution in [0.1, 0.15) is 13.8 Å². The molecule has 5 atom stereocenters. The Labute approximate surface area is 242 Å². The number of hydrogen-bond acceptors (Lipinski definition) is 9. The lowest BCUT2D eigenvalue weighted by atomic mass is 9.99. The van der Waals surface area contributed by atoms with E-state index in [0.29, 0.717) is 23.5 Å². The van der Waals surface area contributed by atoms with Crippen LogP contribution in [0.4, 0.5) is 32.4 Å². The van der Waals surface area contributed by atoms with Gasteiger partial charge in [-0.3, -0.25) is 5.32 Å². The number of benzene rings is 2. The molecule has 1 aliphatic heterocycles. The topological polar surface area (TPSA) is 115 Å². The number of hydrogen-bond donors (Lipinski definition) is 1. The third-order valence-corrected chi connectivity index (χ3v) is 6.41. The first kappa shape index (κ1) is 32.1. The van der Waals surface area contributed by atoms with E-state index >= 15 is 0 Å². The van der Waals surface area contributed by atoms with Crippen molar-refractivity contribution < 1.29 is 55.2 Å². The van der Waals surface area contributed by atoms with Crippen LogP contribution in [0.2, 0.25) is 0 Å². The zero-order valence-corrected chi connectivity index (χ0v) is 23.4. The highest BCUT2D eigenvalue weighted by Gasteiger charge is 2.61. The fourth-order valence-corrected chi connectivity index (χ4v) is 4.37. The van der Waals surface area contributed by atoms with Crippen LogP contribution >= 0.6 is 0 Å². The largest absolute Gasteiger partial charge is 0.499 e. The average molecular weight is 617 g/mol. The summed E-state index contributed by atoms with van der Waals surface area (Å²) < 4.78 is 96.5. The van der Waals surface area contributed by atoms with Crippen LogP contribution in [0.5, 0.6) is 5.75 Å². The number of halogens is 5. The highest BCUT2D eigenvalue weighted by atomic mass is 19.4. The van der Waals surface area contributed by atoms with Crippen molar-refractivity contribution in [1.82, 2.24) is 14.8 Å². The molecular weight excluding hydrogens is 587 g/mol. The number of nitrogens with one attached hydrogen (secondary N) is 1. The van der Waals surface area contributed by atoms with Gasteiger partial charge in [0.15, 0.2) is 5.82 Å². The van der Waals surface area contributed by atoms with Gasteiger partial charge in [0.05, 0.1) is 11.8 Å². The predicted octanol–water partition coefficient (Wildman–Crippen LogP) is 5.20. The summed E-state index contributed by atoms with van der Waals surface area (Å²) in [6, 6.07) is 10.9. The zero-order chi connectivity index (χ0) is 31.4. The maximum atomic E-state index is 13.1. The molecule has 1 amide bonds. The van der Waals surface area contributed by atoms with Gasteiger partial charge in [0.1, 0.15) is 30.4 Å². The van der Waals surface area contributed by atoms with Crippen LogP contribution < -0.4 is 10.1 Å². The molecule has 4 rings (SSSR count). The minimum atomic E-state index is -5.85. The molecule has 2 heterocycles. The SMILES string of the molecule is CCO[C@@H]1[C@@H](OC)[C@H](C)O[C@@H](OC(=O)Nc2ccc(-c3ncn(-c4ccc(OC(F)(F)C(F)(F)F)cc4)n3)cc2)[C@@H]1OC. The van der Waals surface area contributed by atoms with Crippen LogP contribution in [0.3, 0.4) is 0 Å². The van der Waals surface area contributed by atoms with Gasteiger partial charge in [0.2, 0.25) is 6.29 Å². The van der Waals surface area contributed by atoms with Crippen molar-refractivity contribution in [2.45, 2.75) is 56.8 Å². The summed E-state index contributed by atoms with van der Waals surface area (Å²) >= 11 is 0. The molecule has 0 saturated carbocycles. The van der Waals surface area contributed by atoms with E-state index in [0.717, 1.165) is 12.1 Å². The Morgan fingerprint density at radius 3 is 2.21 bits per heavy atom. The lowest BCUT2D eigenvalue weighted by molar-refractivity contribution is -0.360. The summed E-state index contributed by atoms with van der Waals surface area (Å²) in [6.07, 6.45) is -13.8. The first-order chi connectivity index (χ1) is 20.4. The number of amides is 1. The van der Waals surface area contributed by atoms with Crippen molar-refractivity contribution in [1.29, 1.82) is 0 Å². The third-order valence-electron chi connectivity index (χ3n) is 6.41. The van der Waals surface area contributed by atoms with Crippen molar-refractivity contribution in [2.75, 3.05) is 26.1 Å². The van der Waals surface area contributed by atoms with Gasteiger partial charge < -0.3 is 28.4 Å². The highest BCUT2D eigenvalue weighted by molar-refractivity contribution is 5.85. The van der Waals surface area contributed by atoms with Gasteiger partial charge in [-0.05, 0) is 62.4 Å². The van der Waals surface area contributed by atoms with E-state index in [4.69, 9.17) is 23.7 Å². The van der Waals surface area contributed by atoms with Gasteiger partial charge in [-0.25, -0.2) is 14.5 Å². The standard InChI is InChI=1S/C27H29F5N4O7/c1-5-40-21-20(38-3)15(2)41-24(22(21)39-4)42-25(37)34-17-8-6-16(7-9-17)23-33-14-36(35-23)18-10-12-19(13-11-18)43-27(31,32)26(28,29)30/h6-15,20-22,24H,5H2,1-4H3,(H,34,37)/t15-,20-,21+,22+,24-/m0/s1. The second kappa shape index (κ2) is 13.2. The monoisotopic (exact) mass is 616 g/mol. The Kier molecular flexibility index (Phi) is 9.84. The van der Waals surface area contributed by atoms with Gasteiger partial charge in [0.25, 0.3) is 0 Å². The van der Waals surface area contributed by atoms with Crippen molar-refractivity contribution in [3.05, 3.63) is 54.9 Å². The Bertz CT molecular complexity index is 1360. The first-order valence-electron chi connectivity index (χ1n) is 12.9. The number of methoxy groups -OCH3 is 2. The molecule has 1 aliphatic rings. The van der Waals surface area contributed by atoms with E-state index in [1.807, 2.05) is 6.92 Å². The van der Waals surface area contributed by atoms with E-state index in [-0.39, 0.29) is 5.82 Å². The summed E-state index contributed by atoms with van der Waals surface area (Å²) in [4.78, 5) is 16.8. The average Bonchev–Trinajstić information content (AvgIpc) is 3.44. The quantitative estimate of drug-likeness (QED) is 0.307. The van der Waals surface area contributed by atoms with Crippen molar-refractivity contribution >= 4 is 11.8 Å². The molecule has 3 aromatic rings. The van der Waals surface area contributed by atoms with E-state index < -0.39 is 54.8 Å². The Morgan fingerprint density at radius 2 is 1.63 bits per heavy atom. The zero-order valence-electron chi connectivity index (χ0n) is 23.4. The normalized spacial score (nSPS) is 22.7. The Morgan fingerprint density at radius 1 is 0.977 bits per heavy atom. The predicted molar refractivity (Wildman–Crippen MR) is 140 cm³/mol. The van der Waals surface area contributed by atoms with Crippen LogP contribution in [0, 0.1) is 0 Å². The molecule has 0 aliphatic carbocycles. The minimum Gasteiger partial charge on any atom is -0.426 e. The van der Waals surface area contributed by atoms with Crippen LogP contribution in [-0.4, -0.2) is 84.7 Å². The molecule has 0 radical (unpaired) electrons. The van der Waals surface area contributed by atoms with Gasteiger partial charge in [-0.1, -0.05) is 0 Å². The maximum Gasteiger partial charge on any atom is 0.499 e. The second-order valence-electron chi connectivity index (χ2n) is 9.26. The summed E-state index contributed by atoms with van der Waals surface area (Å²) in [5.74, 6) is -0.399. The van der Waals surface area contributed by atoms with E-state index in [2.05, 4.69) is 20.1 Å². The lowest BCUT2D eigenvalue weighted by Gasteiger charge is -2.43. The molecule has 43 heavy (non-hydrogen) atoms. The molecule has 234 valence electrons. The minimum absolute atomic E-state index is 0.278. The van der Waals surface area contributed by atoms with Gasteiger partial charge >= 0.3 is 18.4 Å². The van der Waals surface area contributed by atoms with E-state index in [1.54, 1.807) is 31.2 Å². The summed E-state index contributed by atoms with van der Waals surface area (Å²) in [5, 5.41) is 6.90. The summed E-state index contributed by atoms with van der Waals surface area (Å²) in [5.41, 5.74) is 1.30. The van der Waals surface area contributed by atoms with E-state index in [1.165, 1.54) is 37.4 Å². The fourth-order valence-electron chi connectivity index (χ4n) is 4.37. The van der Waals surface area contributed by atoms with Gasteiger partial charge in [0, 0.05) is 32.1 Å². The molecule has 0 spiro atoms. The molecule has 0 unspecified atom stereocenters. The number of aromatic nitrogens is 3. The van der Waals surface area contributed by atoms with Crippen molar-refractivity contribution in [3.8, 4) is 22.8 Å². The van der Waals surface area contributed by atoms with Crippen molar-refractivity contribution in [2.24, 2.45) is 0 Å². The Balaban J connectivity index is 1.37. The van der Waals surface area contributed by atoms with Gasteiger partial charge in [-0.15, -0.1) is 5.10 Å². The number of ether oxygens (including phenoxy) is 6. The van der Waals surface area contributed by atoms with E-state index in [9.17, 15) is 26.7 Å².